The number of carboxylic acids is 1. The quantitative estimate of drug-likeness (QED) is 0.105. The lowest BCUT2D eigenvalue weighted by molar-refractivity contribution is -0.141. The van der Waals surface area contributed by atoms with Crippen LogP contribution in [0.1, 0.15) is 43.7 Å². The van der Waals surface area contributed by atoms with Crippen LogP contribution in [0.2, 0.25) is 0 Å². The minimum absolute atomic E-state index is 0.0193. The molecule has 0 spiro atoms. The third-order valence-electron chi connectivity index (χ3n) is 6.60. The van der Waals surface area contributed by atoms with Gasteiger partial charge in [0.1, 0.15) is 23.9 Å². The number of carbonyl (C=O) groups excluding carboxylic acids is 5. The van der Waals surface area contributed by atoms with Crippen LogP contribution in [0.25, 0.3) is 0 Å². The van der Waals surface area contributed by atoms with Crippen molar-refractivity contribution in [3.8, 4) is 5.75 Å². The number of amides is 5. The molecule has 0 bridgehead atoms. The maximum absolute atomic E-state index is 13.2. The van der Waals surface area contributed by atoms with E-state index in [-0.39, 0.29) is 18.6 Å². The zero-order valence-corrected chi connectivity index (χ0v) is 24.5. The average Bonchev–Trinajstić information content (AvgIpc) is 2.98. The first kappa shape index (κ1) is 35.2. The number of nitrogens with two attached hydrogens (primary N) is 2. The third-order valence-corrected chi connectivity index (χ3v) is 6.60. The van der Waals surface area contributed by atoms with Crippen LogP contribution in [0, 0.1) is 0 Å². The molecule has 0 aliphatic rings. The van der Waals surface area contributed by atoms with Gasteiger partial charge in [0, 0.05) is 6.42 Å². The van der Waals surface area contributed by atoms with Crippen molar-refractivity contribution < 1.29 is 39.0 Å². The summed E-state index contributed by atoms with van der Waals surface area (Å²) in [6.45, 7) is 1.40. The fraction of sp³-hybridized carbons (Fsp3) is 0.400. The number of unbranched alkanes of at least 4 members (excludes halogenated alkanes) is 1. The van der Waals surface area contributed by atoms with Crippen LogP contribution in [-0.4, -0.2) is 76.4 Å². The first-order valence-corrected chi connectivity index (χ1v) is 14.2. The Morgan fingerprint density at radius 1 is 0.773 bits per heavy atom. The van der Waals surface area contributed by atoms with Gasteiger partial charge in [0.15, 0.2) is 0 Å². The van der Waals surface area contributed by atoms with Gasteiger partial charge in [-0.15, -0.1) is 0 Å². The molecular formula is C30H40N6O8. The Kier molecular flexibility index (Phi) is 14.3. The van der Waals surface area contributed by atoms with Crippen LogP contribution in [0.4, 0.5) is 0 Å². The molecule has 2 aromatic rings. The number of hydrogen-bond donors (Lipinski definition) is 8. The highest BCUT2D eigenvalue weighted by Crippen LogP contribution is 2.11. The van der Waals surface area contributed by atoms with Crippen LogP contribution >= 0.6 is 0 Å². The summed E-state index contributed by atoms with van der Waals surface area (Å²) >= 11 is 0. The van der Waals surface area contributed by atoms with Gasteiger partial charge in [-0.05, 0) is 36.1 Å². The van der Waals surface area contributed by atoms with E-state index in [1.807, 2.05) is 6.92 Å². The van der Waals surface area contributed by atoms with Crippen LogP contribution in [-0.2, 0) is 41.6 Å². The summed E-state index contributed by atoms with van der Waals surface area (Å²) in [5, 5.41) is 28.5. The highest BCUT2D eigenvalue weighted by atomic mass is 16.4. The molecule has 0 radical (unpaired) electrons. The van der Waals surface area contributed by atoms with Crippen molar-refractivity contribution in [2.75, 3.05) is 6.54 Å². The van der Waals surface area contributed by atoms with E-state index < -0.39 is 72.6 Å². The molecule has 0 saturated carbocycles. The lowest BCUT2D eigenvalue weighted by Gasteiger charge is -2.24. The predicted molar refractivity (Wildman–Crippen MR) is 160 cm³/mol. The first-order chi connectivity index (χ1) is 20.9. The van der Waals surface area contributed by atoms with Crippen molar-refractivity contribution in [1.82, 2.24) is 21.3 Å². The van der Waals surface area contributed by atoms with E-state index in [1.54, 1.807) is 42.5 Å². The van der Waals surface area contributed by atoms with Crippen molar-refractivity contribution in [3.63, 3.8) is 0 Å². The maximum Gasteiger partial charge on any atom is 0.305 e. The van der Waals surface area contributed by atoms with Crippen LogP contribution in [0.5, 0.6) is 5.75 Å². The fourth-order valence-electron chi connectivity index (χ4n) is 4.20. The standard InChI is InChI=1S/C30H40N6O8/c1-2-3-9-22(27(32)41)34-25(38)17-33-29(43)23(15-18-7-5-4-6-8-18)36-30(44)24(16-26(39)40)35-28(42)21(31)14-19-10-12-20(37)13-11-19/h4-8,10-13,21-24,37H,2-3,9,14-17,31H2,1H3,(H2,32,41)(H,33,43)(H,34,38)(H,35,42)(H,36,44)(H,39,40)/t21-,22-,23-,24-/m0/s1. The zero-order chi connectivity index (χ0) is 32.6. The largest absolute Gasteiger partial charge is 0.508 e. The van der Waals surface area contributed by atoms with Gasteiger partial charge in [-0.1, -0.05) is 62.2 Å². The van der Waals surface area contributed by atoms with E-state index in [0.29, 0.717) is 24.0 Å². The van der Waals surface area contributed by atoms with Crippen molar-refractivity contribution in [1.29, 1.82) is 0 Å². The molecule has 10 N–H and O–H groups in total. The lowest BCUT2D eigenvalue weighted by atomic mass is 10.0. The number of primary amides is 1. The van der Waals surface area contributed by atoms with Crippen LogP contribution in [0.3, 0.4) is 0 Å². The number of aromatic hydroxyl groups is 1. The Balaban J connectivity index is 2.12. The monoisotopic (exact) mass is 612 g/mol. The minimum Gasteiger partial charge on any atom is -0.508 e. The maximum atomic E-state index is 13.2. The molecule has 0 unspecified atom stereocenters. The molecule has 2 aromatic carbocycles. The Labute approximate surface area is 254 Å². The molecule has 0 aliphatic heterocycles. The van der Waals surface area contributed by atoms with Gasteiger partial charge in [0.05, 0.1) is 19.0 Å². The molecule has 2 rings (SSSR count). The number of benzene rings is 2. The summed E-state index contributed by atoms with van der Waals surface area (Å²) < 4.78 is 0. The number of hydrogen-bond acceptors (Lipinski definition) is 8. The molecule has 0 aliphatic carbocycles. The van der Waals surface area contributed by atoms with Crippen molar-refractivity contribution in [2.45, 2.75) is 69.6 Å². The molecular weight excluding hydrogens is 572 g/mol. The van der Waals surface area contributed by atoms with Crippen LogP contribution in [0.15, 0.2) is 54.6 Å². The van der Waals surface area contributed by atoms with E-state index in [4.69, 9.17) is 11.5 Å². The molecule has 0 fully saturated rings. The molecule has 5 amide bonds. The molecule has 4 atom stereocenters. The zero-order valence-electron chi connectivity index (χ0n) is 24.5. The fourth-order valence-corrected chi connectivity index (χ4v) is 4.20. The Bertz CT molecular complexity index is 1290. The SMILES string of the molecule is CCCC[C@H](NC(=O)CNC(=O)[C@H](Cc1ccccc1)NC(=O)[C@H](CC(=O)O)NC(=O)[C@@H](N)Cc1ccc(O)cc1)C(N)=O. The summed E-state index contributed by atoms with van der Waals surface area (Å²) in [6.07, 6.45) is 1.01. The second kappa shape index (κ2) is 17.9. The first-order valence-electron chi connectivity index (χ1n) is 14.2. The van der Waals surface area contributed by atoms with E-state index in [1.165, 1.54) is 12.1 Å². The normalized spacial score (nSPS) is 13.4. The van der Waals surface area contributed by atoms with Gasteiger partial charge in [0.25, 0.3) is 0 Å². The van der Waals surface area contributed by atoms with E-state index in [0.717, 1.165) is 6.42 Å². The number of carbonyl (C=O) groups is 6. The van der Waals surface area contributed by atoms with Gasteiger partial charge < -0.3 is 42.9 Å². The summed E-state index contributed by atoms with van der Waals surface area (Å²) in [4.78, 5) is 74.8. The summed E-state index contributed by atoms with van der Waals surface area (Å²) in [6, 6.07) is 9.72. The predicted octanol–water partition coefficient (Wildman–Crippen LogP) is -0.774. The number of phenolic OH excluding ortho intramolecular Hbond substituents is 1. The van der Waals surface area contributed by atoms with E-state index >= 15 is 0 Å². The number of carboxylic acid groups (broad SMARTS) is 1. The third kappa shape index (κ3) is 12.5. The van der Waals surface area contributed by atoms with Gasteiger partial charge >= 0.3 is 5.97 Å². The van der Waals surface area contributed by atoms with Gasteiger partial charge in [-0.25, -0.2) is 0 Å². The molecule has 0 aromatic heterocycles. The summed E-state index contributed by atoms with van der Waals surface area (Å²) in [5.74, 6) is -5.24. The number of phenols is 1. The molecule has 0 heterocycles. The highest BCUT2D eigenvalue weighted by molar-refractivity contribution is 5.96. The lowest BCUT2D eigenvalue weighted by Crippen LogP contribution is -2.57. The van der Waals surface area contributed by atoms with Gasteiger partial charge in [0.2, 0.25) is 29.5 Å². The van der Waals surface area contributed by atoms with Crippen molar-refractivity contribution in [2.24, 2.45) is 11.5 Å². The molecule has 14 heteroatoms. The second-order valence-electron chi connectivity index (χ2n) is 10.3. The van der Waals surface area contributed by atoms with Crippen molar-refractivity contribution >= 4 is 35.5 Å². The molecule has 0 saturated heterocycles. The van der Waals surface area contributed by atoms with E-state index in [2.05, 4.69) is 21.3 Å². The number of rotatable bonds is 18. The van der Waals surface area contributed by atoms with Crippen LogP contribution < -0.4 is 32.7 Å². The molecule has 14 nitrogen and oxygen atoms in total. The smallest absolute Gasteiger partial charge is 0.305 e. The second-order valence-corrected chi connectivity index (χ2v) is 10.3. The van der Waals surface area contributed by atoms with Gasteiger partial charge in [-0.2, -0.15) is 0 Å². The topological polar surface area (TPSA) is 243 Å². The van der Waals surface area contributed by atoms with Gasteiger partial charge in [-0.3, -0.25) is 28.8 Å². The summed E-state index contributed by atoms with van der Waals surface area (Å²) in [7, 11) is 0. The Morgan fingerprint density at radius 3 is 1.98 bits per heavy atom. The van der Waals surface area contributed by atoms with Crippen molar-refractivity contribution in [3.05, 3.63) is 65.7 Å². The summed E-state index contributed by atoms with van der Waals surface area (Å²) in [5.41, 5.74) is 12.6. The minimum atomic E-state index is -1.57. The molecule has 238 valence electrons. The Hall–Kier alpha value is -4.98. The Morgan fingerprint density at radius 2 is 1.39 bits per heavy atom. The molecule has 44 heavy (non-hydrogen) atoms. The van der Waals surface area contributed by atoms with E-state index in [9.17, 15) is 39.0 Å². The number of nitrogens with one attached hydrogen (secondary N) is 4. The number of aliphatic carboxylic acids is 1. The average molecular weight is 613 g/mol. The highest BCUT2D eigenvalue weighted by Gasteiger charge is 2.30.